The van der Waals surface area contributed by atoms with Crippen molar-refractivity contribution in [2.75, 3.05) is 13.2 Å². The minimum atomic E-state index is -4.74. The van der Waals surface area contributed by atoms with Gasteiger partial charge in [0.15, 0.2) is 0 Å². The van der Waals surface area contributed by atoms with Crippen LogP contribution >= 0.6 is 0 Å². The maximum absolute atomic E-state index is 12.8. The van der Waals surface area contributed by atoms with Crippen molar-refractivity contribution in [2.24, 2.45) is 0 Å². The quantitative estimate of drug-likeness (QED) is 0.845. The van der Waals surface area contributed by atoms with Gasteiger partial charge in [0.2, 0.25) is 5.91 Å². The van der Waals surface area contributed by atoms with Gasteiger partial charge in [0.1, 0.15) is 5.75 Å². The molecule has 0 saturated carbocycles. The third kappa shape index (κ3) is 4.97. The maximum atomic E-state index is 12.8. The smallest absolute Gasteiger partial charge is 0.419 e. The number of carboxylic acids is 1. The highest BCUT2D eigenvalue weighted by atomic mass is 19.4. The Morgan fingerprint density at radius 2 is 2.00 bits per heavy atom. The first kappa shape index (κ1) is 16.8. The van der Waals surface area contributed by atoms with E-state index in [4.69, 9.17) is 9.84 Å². The molecule has 0 spiro atoms. The molecule has 1 aromatic carbocycles. The predicted molar refractivity (Wildman–Crippen MR) is 67.2 cm³/mol. The van der Waals surface area contributed by atoms with Gasteiger partial charge in [0, 0.05) is 6.54 Å². The first-order valence-electron chi connectivity index (χ1n) is 6.09. The molecule has 0 unspecified atom stereocenters. The van der Waals surface area contributed by atoms with Gasteiger partial charge in [-0.25, -0.2) is 4.79 Å². The number of halogens is 3. The Labute approximate surface area is 118 Å². The Balaban J connectivity index is 2.86. The second-order valence-corrected chi connectivity index (χ2v) is 4.07. The third-order valence-corrected chi connectivity index (χ3v) is 2.49. The van der Waals surface area contributed by atoms with Crippen LogP contribution in [0.25, 0.3) is 0 Å². The van der Waals surface area contributed by atoms with E-state index >= 15 is 0 Å². The van der Waals surface area contributed by atoms with Crippen LogP contribution in [0, 0.1) is 0 Å². The summed E-state index contributed by atoms with van der Waals surface area (Å²) in [7, 11) is 0. The van der Waals surface area contributed by atoms with Crippen LogP contribution in [0.1, 0.15) is 29.3 Å². The largest absolute Gasteiger partial charge is 0.492 e. The van der Waals surface area contributed by atoms with Crippen LogP contribution in [0.5, 0.6) is 5.75 Å². The fourth-order valence-corrected chi connectivity index (χ4v) is 1.55. The lowest BCUT2D eigenvalue weighted by atomic mass is 10.1. The zero-order valence-corrected chi connectivity index (χ0v) is 11.2. The summed E-state index contributed by atoms with van der Waals surface area (Å²) in [5, 5.41) is 11.2. The van der Waals surface area contributed by atoms with E-state index in [1.54, 1.807) is 6.92 Å². The van der Waals surface area contributed by atoms with Crippen molar-refractivity contribution in [1.82, 2.24) is 5.32 Å². The molecular formula is C13H14F3NO4. The summed E-state index contributed by atoms with van der Waals surface area (Å²) in [6.07, 6.45) is -4.84. The molecule has 0 aromatic heterocycles. The molecule has 0 atom stereocenters. The van der Waals surface area contributed by atoms with Crippen molar-refractivity contribution < 1.29 is 32.6 Å². The van der Waals surface area contributed by atoms with Crippen LogP contribution in [0.3, 0.4) is 0 Å². The Morgan fingerprint density at radius 1 is 1.33 bits per heavy atom. The number of alkyl halides is 3. The second-order valence-electron chi connectivity index (χ2n) is 4.07. The molecule has 0 saturated heterocycles. The summed E-state index contributed by atoms with van der Waals surface area (Å²) in [6, 6.07) is 2.45. The normalized spacial score (nSPS) is 11.0. The standard InChI is InChI=1S/C13H14F3NO4/c1-2-17-11(18)5-6-21-10-4-3-8(12(19)20)7-9(10)13(14,15)16/h3-4,7H,2,5-6H2,1H3,(H,17,18)(H,19,20). The van der Waals surface area contributed by atoms with Crippen molar-refractivity contribution in [3.8, 4) is 5.75 Å². The molecule has 5 nitrogen and oxygen atoms in total. The Morgan fingerprint density at radius 3 is 2.52 bits per heavy atom. The van der Waals surface area contributed by atoms with E-state index in [-0.39, 0.29) is 18.9 Å². The van der Waals surface area contributed by atoms with Crippen LogP contribution in [-0.4, -0.2) is 30.1 Å². The fraction of sp³-hybridized carbons (Fsp3) is 0.385. The average Bonchev–Trinajstić information content (AvgIpc) is 2.37. The van der Waals surface area contributed by atoms with Crippen molar-refractivity contribution in [3.63, 3.8) is 0 Å². The summed E-state index contributed by atoms with van der Waals surface area (Å²) in [5.74, 6) is -2.31. The van der Waals surface area contributed by atoms with Crippen molar-refractivity contribution in [1.29, 1.82) is 0 Å². The Kier molecular flexibility index (Phi) is 5.57. The number of carboxylic acid groups (broad SMARTS) is 1. The van der Waals surface area contributed by atoms with Crippen LogP contribution in [0.4, 0.5) is 13.2 Å². The van der Waals surface area contributed by atoms with Crippen LogP contribution in [0.2, 0.25) is 0 Å². The highest BCUT2D eigenvalue weighted by Gasteiger charge is 2.35. The van der Waals surface area contributed by atoms with Gasteiger partial charge in [0.05, 0.1) is 24.2 Å². The molecule has 1 aromatic rings. The van der Waals surface area contributed by atoms with E-state index < -0.39 is 29.0 Å². The topological polar surface area (TPSA) is 75.6 Å². The van der Waals surface area contributed by atoms with Crippen molar-refractivity contribution in [2.45, 2.75) is 19.5 Å². The molecule has 0 aliphatic carbocycles. The number of hydrogen-bond donors (Lipinski definition) is 2. The van der Waals surface area contributed by atoms with Crippen molar-refractivity contribution in [3.05, 3.63) is 29.3 Å². The van der Waals surface area contributed by atoms with Crippen LogP contribution in [0.15, 0.2) is 18.2 Å². The monoisotopic (exact) mass is 305 g/mol. The molecule has 0 radical (unpaired) electrons. The number of ether oxygens (including phenoxy) is 1. The van der Waals surface area contributed by atoms with Crippen molar-refractivity contribution >= 4 is 11.9 Å². The summed E-state index contributed by atoms with van der Waals surface area (Å²) in [6.45, 7) is 1.90. The summed E-state index contributed by atoms with van der Waals surface area (Å²) >= 11 is 0. The molecule has 8 heteroatoms. The molecule has 2 N–H and O–H groups in total. The Bertz CT molecular complexity index is 529. The third-order valence-electron chi connectivity index (χ3n) is 2.49. The fourth-order valence-electron chi connectivity index (χ4n) is 1.55. The van der Waals surface area contributed by atoms with Gasteiger partial charge in [-0.05, 0) is 25.1 Å². The van der Waals surface area contributed by atoms with E-state index in [0.29, 0.717) is 12.6 Å². The number of benzene rings is 1. The SMILES string of the molecule is CCNC(=O)CCOc1ccc(C(=O)O)cc1C(F)(F)F. The molecule has 1 amide bonds. The molecule has 0 bridgehead atoms. The summed E-state index contributed by atoms with van der Waals surface area (Å²) < 4.78 is 43.5. The zero-order valence-electron chi connectivity index (χ0n) is 11.2. The molecule has 0 aliphatic heterocycles. The van der Waals surface area contributed by atoms with Gasteiger partial charge in [-0.2, -0.15) is 13.2 Å². The first-order valence-corrected chi connectivity index (χ1v) is 6.09. The number of amides is 1. The lowest BCUT2D eigenvalue weighted by molar-refractivity contribution is -0.139. The molecular weight excluding hydrogens is 291 g/mol. The van der Waals surface area contributed by atoms with E-state index in [2.05, 4.69) is 5.32 Å². The lowest BCUT2D eigenvalue weighted by Gasteiger charge is -2.14. The molecule has 0 aliphatic rings. The number of carbonyl (C=O) groups is 2. The molecule has 1 rings (SSSR count). The number of rotatable bonds is 6. The van der Waals surface area contributed by atoms with Crippen LogP contribution < -0.4 is 10.1 Å². The first-order chi connectivity index (χ1) is 9.75. The van der Waals surface area contributed by atoms with E-state index in [9.17, 15) is 22.8 Å². The molecule has 0 fully saturated rings. The average molecular weight is 305 g/mol. The number of carbonyl (C=O) groups excluding carboxylic acids is 1. The number of hydrogen-bond acceptors (Lipinski definition) is 3. The van der Waals surface area contributed by atoms with Crippen LogP contribution in [-0.2, 0) is 11.0 Å². The summed E-state index contributed by atoms with van der Waals surface area (Å²) in [4.78, 5) is 21.9. The zero-order chi connectivity index (χ0) is 16.0. The highest BCUT2D eigenvalue weighted by Crippen LogP contribution is 2.36. The Hall–Kier alpha value is -2.25. The second kappa shape index (κ2) is 6.96. The van der Waals surface area contributed by atoms with Gasteiger partial charge in [0.25, 0.3) is 0 Å². The highest BCUT2D eigenvalue weighted by molar-refractivity contribution is 5.88. The van der Waals surface area contributed by atoms with E-state index in [0.717, 1.165) is 12.1 Å². The minimum Gasteiger partial charge on any atom is -0.492 e. The lowest BCUT2D eigenvalue weighted by Crippen LogP contribution is -2.24. The predicted octanol–water partition coefficient (Wildman–Crippen LogP) is 2.31. The van der Waals surface area contributed by atoms with E-state index in [1.165, 1.54) is 0 Å². The molecule has 0 heterocycles. The van der Waals surface area contributed by atoms with Gasteiger partial charge < -0.3 is 15.2 Å². The van der Waals surface area contributed by atoms with Gasteiger partial charge in [-0.3, -0.25) is 4.79 Å². The molecule has 21 heavy (non-hydrogen) atoms. The number of aromatic carboxylic acids is 1. The van der Waals surface area contributed by atoms with Gasteiger partial charge >= 0.3 is 12.1 Å². The van der Waals surface area contributed by atoms with E-state index in [1.807, 2.05) is 0 Å². The van der Waals surface area contributed by atoms with Gasteiger partial charge in [-0.15, -0.1) is 0 Å². The minimum absolute atomic E-state index is 0.0914. The molecule has 116 valence electrons. The summed E-state index contributed by atoms with van der Waals surface area (Å²) in [5.41, 5.74) is -1.67. The van der Waals surface area contributed by atoms with Gasteiger partial charge in [-0.1, -0.05) is 0 Å². The number of nitrogens with one attached hydrogen (secondary N) is 1. The maximum Gasteiger partial charge on any atom is 0.419 e.